The zero-order valence-corrected chi connectivity index (χ0v) is 8.83. The van der Waals surface area contributed by atoms with Crippen molar-refractivity contribution in [2.45, 2.75) is 37.9 Å². The predicted octanol–water partition coefficient (Wildman–Crippen LogP) is -0.112. The maximum absolute atomic E-state index is 9.47. The first kappa shape index (κ1) is 11.9. The van der Waals surface area contributed by atoms with Crippen LogP contribution in [0, 0.1) is 0 Å². The van der Waals surface area contributed by atoms with Gasteiger partial charge in [-0.15, -0.1) is 0 Å². The van der Waals surface area contributed by atoms with E-state index in [4.69, 9.17) is 9.84 Å². The summed E-state index contributed by atoms with van der Waals surface area (Å²) in [4.78, 5) is 0. The summed E-state index contributed by atoms with van der Waals surface area (Å²) in [6.45, 7) is 3.56. The third kappa shape index (κ3) is 4.37. The molecule has 2 unspecified atom stereocenters. The van der Waals surface area contributed by atoms with Crippen molar-refractivity contribution in [2.75, 3.05) is 26.3 Å². The molecule has 2 atom stereocenters. The molecular weight excluding hydrogens is 182 g/mol. The van der Waals surface area contributed by atoms with Crippen molar-refractivity contribution >= 4 is 0 Å². The fourth-order valence-corrected chi connectivity index (χ4v) is 1.55. The van der Waals surface area contributed by atoms with Crippen LogP contribution in [0.3, 0.4) is 0 Å². The van der Waals surface area contributed by atoms with E-state index in [2.05, 4.69) is 5.32 Å². The van der Waals surface area contributed by atoms with E-state index in [9.17, 15) is 5.11 Å². The number of aliphatic hydroxyl groups is 2. The Hall–Kier alpha value is -0.160. The third-order valence-corrected chi connectivity index (χ3v) is 2.51. The molecule has 0 saturated carbocycles. The summed E-state index contributed by atoms with van der Waals surface area (Å²) >= 11 is 0. The van der Waals surface area contributed by atoms with Crippen molar-refractivity contribution in [3.8, 4) is 0 Å². The van der Waals surface area contributed by atoms with Crippen LogP contribution in [-0.4, -0.2) is 48.2 Å². The van der Waals surface area contributed by atoms with Crippen LogP contribution < -0.4 is 5.32 Å². The van der Waals surface area contributed by atoms with Gasteiger partial charge in [-0.25, -0.2) is 0 Å². The van der Waals surface area contributed by atoms with Crippen molar-refractivity contribution in [1.82, 2.24) is 5.32 Å². The van der Waals surface area contributed by atoms with Crippen LogP contribution in [0.2, 0.25) is 0 Å². The van der Waals surface area contributed by atoms with Crippen molar-refractivity contribution < 1.29 is 14.9 Å². The number of rotatable bonds is 6. The molecule has 4 heteroatoms. The second-order valence-electron chi connectivity index (χ2n) is 4.26. The molecule has 0 aromatic rings. The lowest BCUT2D eigenvalue weighted by Gasteiger charge is -2.21. The van der Waals surface area contributed by atoms with Gasteiger partial charge in [0.25, 0.3) is 0 Å². The van der Waals surface area contributed by atoms with Gasteiger partial charge in [-0.3, -0.25) is 0 Å². The van der Waals surface area contributed by atoms with Crippen LogP contribution >= 0.6 is 0 Å². The monoisotopic (exact) mass is 203 g/mol. The highest BCUT2D eigenvalue weighted by Crippen LogP contribution is 2.14. The van der Waals surface area contributed by atoms with Crippen LogP contribution in [0.25, 0.3) is 0 Å². The van der Waals surface area contributed by atoms with Gasteiger partial charge in [0.2, 0.25) is 0 Å². The van der Waals surface area contributed by atoms with Crippen molar-refractivity contribution in [2.24, 2.45) is 0 Å². The molecule has 1 saturated heterocycles. The van der Waals surface area contributed by atoms with Crippen molar-refractivity contribution in [1.29, 1.82) is 0 Å². The first-order chi connectivity index (χ1) is 6.64. The van der Waals surface area contributed by atoms with Crippen LogP contribution in [0.4, 0.5) is 0 Å². The molecule has 1 aliphatic heterocycles. The summed E-state index contributed by atoms with van der Waals surface area (Å²) in [6, 6.07) is 0. The molecule has 4 nitrogen and oxygen atoms in total. The lowest BCUT2D eigenvalue weighted by atomic mass is 10.1. The minimum absolute atomic E-state index is 0.208. The second kappa shape index (κ2) is 5.66. The standard InChI is InChI=1S/C10H21NO3/c1-10(13,8-12)7-11-5-4-9-3-2-6-14-9/h9,11-13H,2-8H2,1H3. The Bertz CT molecular complexity index is 155. The van der Waals surface area contributed by atoms with Crippen molar-refractivity contribution in [3.63, 3.8) is 0 Å². The summed E-state index contributed by atoms with van der Waals surface area (Å²) in [5.74, 6) is 0. The first-order valence-corrected chi connectivity index (χ1v) is 5.29. The smallest absolute Gasteiger partial charge is 0.0972 e. The summed E-state index contributed by atoms with van der Waals surface area (Å²) < 4.78 is 5.46. The highest BCUT2D eigenvalue weighted by atomic mass is 16.5. The fourth-order valence-electron chi connectivity index (χ4n) is 1.55. The Morgan fingerprint density at radius 2 is 2.36 bits per heavy atom. The Balaban J connectivity index is 1.98. The Labute approximate surface area is 85.3 Å². The molecule has 0 amide bonds. The molecule has 84 valence electrons. The lowest BCUT2D eigenvalue weighted by molar-refractivity contribution is 0.00205. The van der Waals surface area contributed by atoms with E-state index in [-0.39, 0.29) is 6.61 Å². The third-order valence-electron chi connectivity index (χ3n) is 2.51. The second-order valence-corrected chi connectivity index (χ2v) is 4.26. The van der Waals surface area contributed by atoms with E-state index in [1.807, 2.05) is 0 Å². The molecule has 1 fully saturated rings. The summed E-state index contributed by atoms with van der Waals surface area (Å²) in [6.07, 6.45) is 3.69. The van der Waals surface area contributed by atoms with E-state index in [0.29, 0.717) is 12.6 Å². The average Bonchev–Trinajstić information content (AvgIpc) is 2.65. The molecule has 0 aliphatic carbocycles. The number of ether oxygens (including phenoxy) is 1. The molecule has 0 radical (unpaired) electrons. The van der Waals surface area contributed by atoms with E-state index in [1.54, 1.807) is 6.92 Å². The highest BCUT2D eigenvalue weighted by molar-refractivity contribution is 4.74. The first-order valence-electron chi connectivity index (χ1n) is 5.29. The van der Waals surface area contributed by atoms with E-state index >= 15 is 0 Å². The van der Waals surface area contributed by atoms with E-state index in [1.165, 1.54) is 6.42 Å². The molecule has 1 heterocycles. The van der Waals surface area contributed by atoms with E-state index < -0.39 is 5.60 Å². The maximum atomic E-state index is 9.47. The van der Waals surface area contributed by atoms with Gasteiger partial charge >= 0.3 is 0 Å². The normalized spacial score (nSPS) is 26.4. The van der Waals surface area contributed by atoms with E-state index in [0.717, 1.165) is 26.0 Å². The van der Waals surface area contributed by atoms with Crippen LogP contribution in [0.15, 0.2) is 0 Å². The zero-order chi connectivity index (χ0) is 10.4. The zero-order valence-electron chi connectivity index (χ0n) is 8.83. The van der Waals surface area contributed by atoms with Crippen LogP contribution in [0.5, 0.6) is 0 Å². The SMILES string of the molecule is CC(O)(CO)CNCCC1CCCO1. The molecule has 0 spiro atoms. The molecule has 14 heavy (non-hydrogen) atoms. The van der Waals surface area contributed by atoms with Gasteiger partial charge < -0.3 is 20.3 Å². The molecule has 1 rings (SSSR count). The highest BCUT2D eigenvalue weighted by Gasteiger charge is 2.19. The molecular formula is C10H21NO3. The average molecular weight is 203 g/mol. The fraction of sp³-hybridized carbons (Fsp3) is 1.00. The number of aliphatic hydroxyl groups excluding tert-OH is 1. The van der Waals surface area contributed by atoms with Crippen LogP contribution in [-0.2, 0) is 4.74 Å². The topological polar surface area (TPSA) is 61.7 Å². The van der Waals surface area contributed by atoms with Gasteiger partial charge in [-0.05, 0) is 32.7 Å². The molecule has 1 aliphatic rings. The largest absolute Gasteiger partial charge is 0.393 e. The van der Waals surface area contributed by atoms with Crippen molar-refractivity contribution in [3.05, 3.63) is 0 Å². The lowest BCUT2D eigenvalue weighted by Crippen LogP contribution is -2.41. The summed E-state index contributed by atoms with van der Waals surface area (Å²) in [5, 5.41) is 21.4. The van der Waals surface area contributed by atoms with Gasteiger partial charge in [-0.2, -0.15) is 0 Å². The quantitative estimate of drug-likeness (QED) is 0.527. The minimum Gasteiger partial charge on any atom is -0.393 e. The molecule has 3 N–H and O–H groups in total. The van der Waals surface area contributed by atoms with Gasteiger partial charge in [0.1, 0.15) is 0 Å². The number of hydrogen-bond donors (Lipinski definition) is 3. The number of hydrogen-bond acceptors (Lipinski definition) is 4. The van der Waals surface area contributed by atoms with Crippen LogP contribution in [0.1, 0.15) is 26.2 Å². The summed E-state index contributed by atoms with van der Waals surface area (Å²) in [7, 11) is 0. The molecule has 0 aromatic carbocycles. The Morgan fingerprint density at radius 3 is 2.93 bits per heavy atom. The Morgan fingerprint density at radius 1 is 1.57 bits per heavy atom. The van der Waals surface area contributed by atoms with Gasteiger partial charge in [0.15, 0.2) is 0 Å². The van der Waals surface area contributed by atoms with Gasteiger partial charge in [-0.1, -0.05) is 0 Å². The molecule has 0 bridgehead atoms. The maximum Gasteiger partial charge on any atom is 0.0972 e. The van der Waals surface area contributed by atoms with Gasteiger partial charge in [0.05, 0.1) is 18.3 Å². The van der Waals surface area contributed by atoms with Gasteiger partial charge in [0, 0.05) is 13.2 Å². The predicted molar refractivity (Wildman–Crippen MR) is 54.2 cm³/mol. The summed E-state index contributed by atoms with van der Waals surface area (Å²) in [5.41, 5.74) is -1.00. The Kier molecular flexibility index (Phi) is 4.81. The number of nitrogens with one attached hydrogen (secondary N) is 1. The molecule has 0 aromatic heterocycles. The minimum atomic E-state index is -1.00.